The van der Waals surface area contributed by atoms with Gasteiger partial charge in [0.1, 0.15) is 17.3 Å². The first-order valence-electron chi connectivity index (χ1n) is 7.45. The van der Waals surface area contributed by atoms with Gasteiger partial charge in [0.05, 0.1) is 18.6 Å². The van der Waals surface area contributed by atoms with Crippen LogP contribution in [0.25, 0.3) is 6.08 Å². The van der Waals surface area contributed by atoms with E-state index in [1.807, 2.05) is 0 Å². The summed E-state index contributed by atoms with van der Waals surface area (Å²) >= 11 is 6.72. The molecule has 0 bridgehead atoms. The van der Waals surface area contributed by atoms with Crippen LogP contribution in [0.15, 0.2) is 41.3 Å². The molecule has 0 unspecified atom stereocenters. The van der Waals surface area contributed by atoms with E-state index in [4.69, 9.17) is 16.3 Å². The van der Waals surface area contributed by atoms with Crippen molar-refractivity contribution in [2.24, 2.45) is 0 Å². The number of thioether (sulfide) groups is 1. The molecule has 1 N–H and O–H groups in total. The maximum Gasteiger partial charge on any atom is 0.293 e. The first-order chi connectivity index (χ1) is 12.4. The van der Waals surface area contributed by atoms with Crippen molar-refractivity contribution in [3.8, 4) is 11.5 Å². The summed E-state index contributed by atoms with van der Waals surface area (Å²) in [5.74, 6) is -0.547. The van der Waals surface area contributed by atoms with Crippen molar-refractivity contribution in [2.75, 3.05) is 7.11 Å². The Bertz CT molecular complexity index is 931. The topological polar surface area (TPSA) is 66.8 Å². The standard InChI is InChI=1S/C18H13ClFNO4S/c1-25-13-4-5-15(22)11(6-13)7-16-17(23)21(18(24)26-16)9-10-2-3-12(20)8-14(10)19/h2-8,22H,9H2,1H3/b16-7-. The van der Waals surface area contributed by atoms with E-state index in [2.05, 4.69) is 0 Å². The Morgan fingerprint density at radius 1 is 1.27 bits per heavy atom. The highest BCUT2D eigenvalue weighted by molar-refractivity contribution is 8.18. The number of phenolic OH excluding ortho intramolecular Hbond substituents is 1. The maximum atomic E-state index is 13.1. The lowest BCUT2D eigenvalue weighted by atomic mass is 10.1. The maximum absolute atomic E-state index is 13.1. The molecule has 0 aromatic heterocycles. The van der Waals surface area contributed by atoms with Crippen LogP contribution in [0.2, 0.25) is 5.02 Å². The molecule has 8 heteroatoms. The number of nitrogens with zero attached hydrogens (tertiary/aromatic N) is 1. The van der Waals surface area contributed by atoms with E-state index in [1.54, 1.807) is 12.1 Å². The molecule has 0 saturated carbocycles. The van der Waals surface area contributed by atoms with Gasteiger partial charge in [0.2, 0.25) is 0 Å². The molecule has 1 aliphatic heterocycles. The summed E-state index contributed by atoms with van der Waals surface area (Å²) in [5, 5.41) is 9.60. The number of benzene rings is 2. The number of carbonyl (C=O) groups excluding carboxylic acids is 2. The molecule has 1 aliphatic rings. The van der Waals surface area contributed by atoms with Crippen LogP contribution in [0.1, 0.15) is 11.1 Å². The lowest BCUT2D eigenvalue weighted by Gasteiger charge is -2.13. The van der Waals surface area contributed by atoms with Gasteiger partial charge in [-0.3, -0.25) is 14.5 Å². The summed E-state index contributed by atoms with van der Waals surface area (Å²) in [6, 6.07) is 8.34. The molecule has 134 valence electrons. The quantitative estimate of drug-likeness (QED) is 0.778. The van der Waals surface area contributed by atoms with Crippen LogP contribution in [0.3, 0.4) is 0 Å². The van der Waals surface area contributed by atoms with E-state index in [9.17, 15) is 19.1 Å². The zero-order chi connectivity index (χ0) is 18.8. The van der Waals surface area contributed by atoms with Gasteiger partial charge in [-0.15, -0.1) is 0 Å². The fraction of sp³-hybridized carbons (Fsp3) is 0.111. The summed E-state index contributed by atoms with van der Waals surface area (Å²) in [4.78, 5) is 25.9. The monoisotopic (exact) mass is 393 g/mol. The predicted octanol–water partition coefficient (Wildman–Crippen LogP) is 4.43. The van der Waals surface area contributed by atoms with Crippen LogP contribution in [0.5, 0.6) is 11.5 Å². The molecule has 2 aromatic carbocycles. The largest absolute Gasteiger partial charge is 0.507 e. The highest BCUT2D eigenvalue weighted by Gasteiger charge is 2.35. The van der Waals surface area contributed by atoms with E-state index < -0.39 is 17.0 Å². The molecule has 5 nitrogen and oxygen atoms in total. The normalized spacial score (nSPS) is 15.8. The van der Waals surface area contributed by atoms with Gasteiger partial charge >= 0.3 is 0 Å². The number of aromatic hydroxyl groups is 1. The summed E-state index contributed by atoms with van der Waals surface area (Å²) in [6.07, 6.45) is 1.43. The second-order valence-corrected chi connectivity index (χ2v) is 6.83. The van der Waals surface area contributed by atoms with Gasteiger partial charge in [0.25, 0.3) is 11.1 Å². The average Bonchev–Trinajstić information content (AvgIpc) is 2.86. The van der Waals surface area contributed by atoms with Gasteiger partial charge < -0.3 is 9.84 Å². The van der Waals surface area contributed by atoms with Crippen LogP contribution in [0.4, 0.5) is 9.18 Å². The molecule has 0 radical (unpaired) electrons. The van der Waals surface area contributed by atoms with Gasteiger partial charge in [0.15, 0.2) is 0 Å². The predicted molar refractivity (Wildman–Crippen MR) is 97.6 cm³/mol. The van der Waals surface area contributed by atoms with E-state index >= 15 is 0 Å². The van der Waals surface area contributed by atoms with Gasteiger partial charge in [0, 0.05) is 10.6 Å². The molecule has 0 atom stereocenters. The third kappa shape index (κ3) is 3.68. The van der Waals surface area contributed by atoms with E-state index in [0.29, 0.717) is 16.9 Å². The Hall–Kier alpha value is -2.51. The molecule has 3 rings (SSSR count). The van der Waals surface area contributed by atoms with Crippen molar-refractivity contribution in [1.82, 2.24) is 4.90 Å². The highest BCUT2D eigenvalue weighted by Crippen LogP contribution is 2.36. The van der Waals surface area contributed by atoms with Crippen LogP contribution in [0, 0.1) is 5.82 Å². The molecule has 2 amide bonds. The molecule has 0 aliphatic carbocycles. The number of amides is 2. The SMILES string of the molecule is COc1ccc(O)c(/C=C2\SC(=O)N(Cc3ccc(F)cc3Cl)C2=O)c1. The number of hydrogen-bond acceptors (Lipinski definition) is 5. The third-order valence-corrected chi connectivity index (χ3v) is 5.00. The number of rotatable bonds is 4. The minimum absolute atomic E-state index is 0.0424. The molecule has 26 heavy (non-hydrogen) atoms. The number of ether oxygens (including phenoxy) is 1. The molecular formula is C18H13ClFNO4S. The Morgan fingerprint density at radius 2 is 2.04 bits per heavy atom. The number of imide groups is 1. The minimum Gasteiger partial charge on any atom is -0.507 e. The molecule has 2 aromatic rings. The van der Waals surface area contributed by atoms with E-state index in [0.717, 1.165) is 22.7 Å². The molecular weight excluding hydrogens is 381 g/mol. The first kappa shape index (κ1) is 18.3. The summed E-state index contributed by atoms with van der Waals surface area (Å²) in [5.41, 5.74) is 0.815. The fourth-order valence-electron chi connectivity index (χ4n) is 2.37. The zero-order valence-electron chi connectivity index (χ0n) is 13.5. The Labute approximate surface area is 158 Å². The van der Waals surface area contributed by atoms with Crippen LogP contribution in [-0.4, -0.2) is 28.3 Å². The van der Waals surface area contributed by atoms with Crippen molar-refractivity contribution in [3.63, 3.8) is 0 Å². The molecule has 0 spiro atoms. The molecule has 1 saturated heterocycles. The number of phenols is 1. The van der Waals surface area contributed by atoms with Crippen molar-refractivity contribution in [2.45, 2.75) is 6.54 Å². The zero-order valence-corrected chi connectivity index (χ0v) is 15.1. The van der Waals surface area contributed by atoms with Crippen LogP contribution in [-0.2, 0) is 11.3 Å². The second-order valence-electron chi connectivity index (χ2n) is 5.43. The average molecular weight is 394 g/mol. The number of carbonyl (C=O) groups is 2. The number of halogens is 2. The number of methoxy groups -OCH3 is 1. The van der Waals surface area contributed by atoms with Gasteiger partial charge in [-0.05, 0) is 53.7 Å². The van der Waals surface area contributed by atoms with Crippen molar-refractivity contribution < 1.29 is 23.8 Å². The van der Waals surface area contributed by atoms with Gasteiger partial charge in [-0.2, -0.15) is 0 Å². The Morgan fingerprint density at radius 3 is 2.73 bits per heavy atom. The summed E-state index contributed by atoms with van der Waals surface area (Å²) < 4.78 is 18.2. The highest BCUT2D eigenvalue weighted by atomic mass is 35.5. The fourth-order valence-corrected chi connectivity index (χ4v) is 3.43. The lowest BCUT2D eigenvalue weighted by Crippen LogP contribution is -2.27. The van der Waals surface area contributed by atoms with Gasteiger partial charge in [-0.1, -0.05) is 17.7 Å². The summed E-state index contributed by atoms with van der Waals surface area (Å²) in [7, 11) is 1.48. The van der Waals surface area contributed by atoms with Crippen molar-refractivity contribution >= 4 is 40.6 Å². The molecule has 1 heterocycles. The van der Waals surface area contributed by atoms with Gasteiger partial charge in [-0.25, -0.2) is 4.39 Å². The second kappa shape index (κ2) is 7.39. The lowest BCUT2D eigenvalue weighted by molar-refractivity contribution is -0.123. The van der Waals surface area contributed by atoms with E-state index in [1.165, 1.54) is 31.4 Å². The smallest absolute Gasteiger partial charge is 0.293 e. The van der Waals surface area contributed by atoms with Crippen LogP contribution >= 0.6 is 23.4 Å². The first-order valence-corrected chi connectivity index (χ1v) is 8.65. The van der Waals surface area contributed by atoms with Crippen molar-refractivity contribution in [3.05, 3.63) is 63.3 Å². The Balaban J connectivity index is 1.87. The molecule has 1 fully saturated rings. The minimum atomic E-state index is -0.511. The van der Waals surface area contributed by atoms with Crippen molar-refractivity contribution in [1.29, 1.82) is 0 Å². The Kier molecular flexibility index (Phi) is 5.20. The number of hydrogen-bond donors (Lipinski definition) is 1. The van der Waals surface area contributed by atoms with E-state index in [-0.39, 0.29) is 22.2 Å². The van der Waals surface area contributed by atoms with Crippen LogP contribution < -0.4 is 4.74 Å². The third-order valence-electron chi connectivity index (χ3n) is 3.74. The summed E-state index contributed by atoms with van der Waals surface area (Å²) in [6.45, 7) is -0.0643.